The zero-order valence-electron chi connectivity index (χ0n) is 8.75. The lowest BCUT2D eigenvalue weighted by molar-refractivity contribution is -0.366. The van der Waals surface area contributed by atoms with Crippen LogP contribution in [0, 0.1) is 5.41 Å². The molecule has 0 atom stereocenters. The summed E-state index contributed by atoms with van der Waals surface area (Å²) in [6.07, 6.45) is 1.10. The van der Waals surface area contributed by atoms with Crippen molar-refractivity contribution < 1.29 is 8.78 Å². The van der Waals surface area contributed by atoms with Crippen molar-refractivity contribution >= 4 is 12.4 Å². The largest absolute Gasteiger partial charge is 0.330 e. The van der Waals surface area contributed by atoms with Gasteiger partial charge < -0.3 is 5.73 Å². The minimum Gasteiger partial charge on any atom is -0.330 e. The summed E-state index contributed by atoms with van der Waals surface area (Å²) in [6, 6.07) is 9.09. The first-order valence-corrected chi connectivity index (χ1v) is 5.21. The van der Waals surface area contributed by atoms with E-state index in [0.29, 0.717) is 12.8 Å². The third-order valence-electron chi connectivity index (χ3n) is 4.26. The fraction of sp³-hybridized carbons (Fsp3) is 0.500. The van der Waals surface area contributed by atoms with E-state index in [1.54, 1.807) is 12.1 Å². The van der Waals surface area contributed by atoms with Crippen molar-refractivity contribution in [1.82, 2.24) is 0 Å². The highest BCUT2D eigenvalue weighted by molar-refractivity contribution is 5.85. The summed E-state index contributed by atoms with van der Waals surface area (Å²) in [5.74, 6) is -2.60. The minimum atomic E-state index is -2.60. The number of nitrogens with two attached hydrogens (primary N) is 1. The van der Waals surface area contributed by atoms with Gasteiger partial charge in [-0.2, -0.15) is 0 Å². The van der Waals surface area contributed by atoms with Gasteiger partial charge in [-0.15, -0.1) is 12.4 Å². The molecule has 0 saturated heterocycles. The van der Waals surface area contributed by atoms with Gasteiger partial charge in [-0.1, -0.05) is 30.3 Å². The second-order valence-corrected chi connectivity index (χ2v) is 4.86. The average molecular weight is 246 g/mol. The van der Waals surface area contributed by atoms with Crippen LogP contribution in [0.25, 0.3) is 0 Å². The standard InChI is InChI=1S/C12H13F2N.ClH/c13-12(14)10(8-15)6-11(12,7-10)9-4-2-1-3-5-9;/h1-5H,6-8,15H2;1H. The summed E-state index contributed by atoms with van der Waals surface area (Å²) in [7, 11) is 0. The van der Waals surface area contributed by atoms with Gasteiger partial charge in [0.25, 0.3) is 5.92 Å². The molecule has 4 heteroatoms. The molecule has 3 fully saturated rings. The van der Waals surface area contributed by atoms with Crippen LogP contribution in [0.1, 0.15) is 18.4 Å². The van der Waals surface area contributed by atoms with Crippen molar-refractivity contribution in [1.29, 1.82) is 0 Å². The van der Waals surface area contributed by atoms with E-state index in [-0.39, 0.29) is 19.0 Å². The van der Waals surface area contributed by atoms with Crippen molar-refractivity contribution in [2.75, 3.05) is 6.54 Å². The van der Waals surface area contributed by atoms with Gasteiger partial charge in [-0.25, -0.2) is 8.78 Å². The van der Waals surface area contributed by atoms with Gasteiger partial charge in [0.15, 0.2) is 0 Å². The molecular weight excluding hydrogens is 232 g/mol. The summed E-state index contributed by atoms with van der Waals surface area (Å²) >= 11 is 0. The Morgan fingerprint density at radius 1 is 1.12 bits per heavy atom. The first-order valence-electron chi connectivity index (χ1n) is 5.21. The monoisotopic (exact) mass is 245 g/mol. The molecule has 0 aliphatic heterocycles. The van der Waals surface area contributed by atoms with Gasteiger partial charge >= 0.3 is 0 Å². The Balaban J connectivity index is 0.000000963. The molecule has 0 unspecified atom stereocenters. The highest BCUT2D eigenvalue weighted by Crippen LogP contribution is 2.81. The topological polar surface area (TPSA) is 26.0 Å². The molecule has 2 N–H and O–H groups in total. The first-order chi connectivity index (χ1) is 7.08. The maximum atomic E-state index is 13.9. The quantitative estimate of drug-likeness (QED) is 0.852. The molecule has 0 heterocycles. The molecule has 4 rings (SSSR count). The Kier molecular flexibility index (Phi) is 2.34. The van der Waals surface area contributed by atoms with E-state index in [2.05, 4.69) is 0 Å². The summed E-state index contributed by atoms with van der Waals surface area (Å²) in [4.78, 5) is 0. The Morgan fingerprint density at radius 3 is 2.12 bits per heavy atom. The zero-order valence-corrected chi connectivity index (χ0v) is 9.57. The summed E-state index contributed by atoms with van der Waals surface area (Å²) in [5.41, 5.74) is 4.43. The molecular formula is C12H14ClF2N. The number of rotatable bonds is 2. The predicted octanol–water partition coefficient (Wildman–Crippen LogP) is 2.73. The van der Waals surface area contributed by atoms with Crippen LogP contribution in [-0.2, 0) is 5.41 Å². The molecule has 0 amide bonds. The second kappa shape index (κ2) is 3.17. The molecule has 3 aliphatic carbocycles. The lowest BCUT2D eigenvalue weighted by Crippen LogP contribution is -2.83. The van der Waals surface area contributed by atoms with Gasteiger partial charge in [0.2, 0.25) is 0 Å². The van der Waals surface area contributed by atoms with E-state index in [1.165, 1.54) is 0 Å². The molecule has 0 spiro atoms. The van der Waals surface area contributed by atoms with E-state index < -0.39 is 16.8 Å². The molecule has 0 radical (unpaired) electrons. The maximum Gasteiger partial charge on any atom is 0.264 e. The third kappa shape index (κ3) is 0.944. The van der Waals surface area contributed by atoms with Gasteiger partial charge in [-0.05, 0) is 18.4 Å². The molecule has 1 nitrogen and oxygen atoms in total. The van der Waals surface area contributed by atoms with Crippen LogP contribution >= 0.6 is 12.4 Å². The SMILES string of the molecule is Cl.NCC12CC(c3ccccc3)(C1)C2(F)F. The molecule has 1 aromatic carbocycles. The highest BCUT2D eigenvalue weighted by Gasteiger charge is 2.87. The Morgan fingerprint density at radius 2 is 1.69 bits per heavy atom. The summed E-state index contributed by atoms with van der Waals surface area (Å²) < 4.78 is 27.8. The molecule has 16 heavy (non-hydrogen) atoms. The Bertz CT molecular complexity index is 399. The van der Waals surface area contributed by atoms with Gasteiger partial charge in [0, 0.05) is 12.0 Å². The minimum absolute atomic E-state index is 0. The fourth-order valence-electron chi connectivity index (χ4n) is 3.26. The normalized spacial score (nSPS) is 37.9. The molecule has 3 aliphatic rings. The van der Waals surface area contributed by atoms with Crippen molar-refractivity contribution in [3.05, 3.63) is 35.9 Å². The molecule has 2 bridgehead atoms. The lowest BCUT2D eigenvalue weighted by atomic mass is 9.30. The maximum absolute atomic E-state index is 13.9. The number of alkyl halides is 2. The van der Waals surface area contributed by atoms with Gasteiger partial charge in [0.1, 0.15) is 0 Å². The third-order valence-corrected chi connectivity index (χ3v) is 4.26. The Labute approximate surface area is 99.4 Å². The lowest BCUT2D eigenvalue weighted by Gasteiger charge is -2.75. The average Bonchev–Trinajstić information content (AvgIpc) is 2.18. The summed E-state index contributed by atoms with van der Waals surface area (Å²) in [6.45, 7) is 0.106. The number of benzene rings is 1. The summed E-state index contributed by atoms with van der Waals surface area (Å²) in [5, 5.41) is 0. The number of halogens is 3. The van der Waals surface area contributed by atoms with Crippen LogP contribution in [0.5, 0.6) is 0 Å². The van der Waals surface area contributed by atoms with Crippen LogP contribution in [0.15, 0.2) is 30.3 Å². The van der Waals surface area contributed by atoms with Crippen molar-refractivity contribution in [3.63, 3.8) is 0 Å². The van der Waals surface area contributed by atoms with Gasteiger partial charge in [0.05, 0.1) is 5.41 Å². The van der Waals surface area contributed by atoms with Crippen LogP contribution in [0.2, 0.25) is 0 Å². The van der Waals surface area contributed by atoms with Crippen molar-refractivity contribution in [3.8, 4) is 0 Å². The zero-order chi connectivity index (χ0) is 10.7. The van der Waals surface area contributed by atoms with Gasteiger partial charge in [-0.3, -0.25) is 0 Å². The van der Waals surface area contributed by atoms with E-state index >= 15 is 0 Å². The smallest absolute Gasteiger partial charge is 0.264 e. The Hall–Kier alpha value is -0.670. The van der Waals surface area contributed by atoms with Crippen LogP contribution < -0.4 is 5.73 Å². The van der Waals surface area contributed by atoms with Crippen molar-refractivity contribution in [2.45, 2.75) is 24.2 Å². The molecule has 1 aromatic rings. The van der Waals surface area contributed by atoms with E-state index in [9.17, 15) is 8.78 Å². The van der Waals surface area contributed by atoms with Crippen molar-refractivity contribution in [2.24, 2.45) is 11.1 Å². The van der Waals surface area contributed by atoms with E-state index in [4.69, 9.17) is 5.73 Å². The predicted molar refractivity (Wildman–Crippen MR) is 61.0 cm³/mol. The molecule has 3 saturated carbocycles. The van der Waals surface area contributed by atoms with E-state index in [1.807, 2.05) is 18.2 Å². The van der Waals surface area contributed by atoms with Crippen LogP contribution in [0.3, 0.4) is 0 Å². The number of hydrogen-bond donors (Lipinski definition) is 1. The highest BCUT2D eigenvalue weighted by atomic mass is 35.5. The second-order valence-electron chi connectivity index (χ2n) is 4.86. The molecule has 88 valence electrons. The molecule has 0 aromatic heterocycles. The van der Waals surface area contributed by atoms with Crippen LogP contribution in [-0.4, -0.2) is 12.5 Å². The number of hydrogen-bond acceptors (Lipinski definition) is 1. The van der Waals surface area contributed by atoms with Crippen LogP contribution in [0.4, 0.5) is 8.78 Å². The fourth-order valence-corrected chi connectivity index (χ4v) is 3.26. The van der Waals surface area contributed by atoms with E-state index in [0.717, 1.165) is 5.56 Å². The first kappa shape index (κ1) is 11.8.